The van der Waals surface area contributed by atoms with Gasteiger partial charge in [0.05, 0.1) is 11.9 Å². The van der Waals surface area contributed by atoms with Crippen molar-refractivity contribution in [3.63, 3.8) is 0 Å². The molecule has 2 heterocycles. The zero-order valence-electron chi connectivity index (χ0n) is 10.0. The molecular weight excluding hydrogens is 232 g/mol. The Morgan fingerprint density at radius 1 is 1.33 bits per heavy atom. The van der Waals surface area contributed by atoms with Gasteiger partial charge in [-0.1, -0.05) is 0 Å². The Kier molecular flexibility index (Phi) is 2.97. The lowest BCUT2D eigenvalue weighted by molar-refractivity contribution is 0.0688. The Morgan fingerprint density at radius 3 is 2.56 bits per heavy atom. The zero-order valence-corrected chi connectivity index (χ0v) is 10.0. The number of ketones is 1. The van der Waals surface area contributed by atoms with Crippen LogP contribution in [0.25, 0.3) is 5.69 Å². The fourth-order valence-corrected chi connectivity index (χ4v) is 1.64. The third kappa shape index (κ3) is 2.15. The van der Waals surface area contributed by atoms with E-state index in [9.17, 15) is 9.59 Å². The van der Waals surface area contributed by atoms with Gasteiger partial charge >= 0.3 is 5.97 Å². The van der Waals surface area contributed by atoms with E-state index in [2.05, 4.69) is 4.98 Å². The van der Waals surface area contributed by atoms with Gasteiger partial charge in [0.25, 0.3) is 0 Å². The Hall–Kier alpha value is -2.43. The number of aromatic carboxylic acids is 1. The van der Waals surface area contributed by atoms with Crippen LogP contribution in [0.2, 0.25) is 0 Å². The summed E-state index contributed by atoms with van der Waals surface area (Å²) in [4.78, 5) is 26.6. The van der Waals surface area contributed by atoms with E-state index in [1.54, 1.807) is 18.3 Å². The third-order valence-corrected chi connectivity index (χ3v) is 2.62. The number of pyridine rings is 1. The summed E-state index contributed by atoms with van der Waals surface area (Å²) in [5.41, 5.74) is 1.87. The van der Waals surface area contributed by atoms with Crippen molar-refractivity contribution in [1.82, 2.24) is 9.55 Å². The van der Waals surface area contributed by atoms with E-state index in [0.717, 1.165) is 5.69 Å². The van der Waals surface area contributed by atoms with Crippen molar-refractivity contribution in [3.8, 4) is 5.69 Å². The molecular formula is C13H12N2O3. The Bertz CT molecular complexity index is 612. The molecule has 0 saturated carbocycles. The maximum atomic E-state index is 11.3. The van der Waals surface area contributed by atoms with Crippen molar-refractivity contribution in [2.24, 2.45) is 0 Å². The lowest BCUT2D eigenvalue weighted by Crippen LogP contribution is -2.05. The fourth-order valence-electron chi connectivity index (χ4n) is 1.64. The normalized spacial score (nSPS) is 10.3. The number of carbonyl (C=O) groups is 2. The first kappa shape index (κ1) is 12.0. The Labute approximate surface area is 104 Å². The summed E-state index contributed by atoms with van der Waals surface area (Å²) >= 11 is 0. The van der Waals surface area contributed by atoms with Crippen LogP contribution >= 0.6 is 0 Å². The van der Waals surface area contributed by atoms with Gasteiger partial charge < -0.3 is 9.67 Å². The van der Waals surface area contributed by atoms with E-state index in [4.69, 9.17) is 5.11 Å². The smallest absolute Gasteiger partial charge is 0.352 e. The van der Waals surface area contributed by atoms with Crippen molar-refractivity contribution < 1.29 is 14.7 Å². The standard InChI is InChI=1S/C13H12N2O3/c1-8-3-4-11(6-14-8)15-7-10(9(2)16)5-12(15)13(17)18/h3-7H,1-2H3,(H,17,18). The highest BCUT2D eigenvalue weighted by molar-refractivity contribution is 5.97. The van der Waals surface area contributed by atoms with Gasteiger partial charge in [0.1, 0.15) is 5.69 Å². The molecule has 2 aromatic heterocycles. The molecule has 92 valence electrons. The predicted molar refractivity (Wildman–Crippen MR) is 65.3 cm³/mol. The monoisotopic (exact) mass is 244 g/mol. The second kappa shape index (κ2) is 4.44. The van der Waals surface area contributed by atoms with Crippen molar-refractivity contribution in [3.05, 3.63) is 47.5 Å². The van der Waals surface area contributed by atoms with Crippen molar-refractivity contribution >= 4 is 11.8 Å². The predicted octanol–water partition coefficient (Wildman–Crippen LogP) is 2.08. The van der Waals surface area contributed by atoms with Gasteiger partial charge in [-0.3, -0.25) is 9.78 Å². The molecule has 0 amide bonds. The molecule has 0 fully saturated rings. The maximum absolute atomic E-state index is 11.3. The minimum atomic E-state index is -1.08. The average molecular weight is 244 g/mol. The van der Waals surface area contributed by atoms with Gasteiger partial charge in [-0.15, -0.1) is 0 Å². The van der Waals surface area contributed by atoms with Gasteiger partial charge in [0, 0.05) is 17.5 Å². The highest BCUT2D eigenvalue weighted by atomic mass is 16.4. The average Bonchev–Trinajstić information content (AvgIpc) is 2.75. The zero-order chi connectivity index (χ0) is 13.3. The highest BCUT2D eigenvalue weighted by Crippen LogP contribution is 2.16. The summed E-state index contributed by atoms with van der Waals surface area (Å²) in [6.07, 6.45) is 3.09. The molecule has 0 spiro atoms. The molecule has 18 heavy (non-hydrogen) atoms. The first-order valence-electron chi connectivity index (χ1n) is 5.38. The van der Waals surface area contributed by atoms with Crippen LogP contribution in [0.5, 0.6) is 0 Å². The van der Waals surface area contributed by atoms with Crippen LogP contribution in [-0.4, -0.2) is 26.4 Å². The molecule has 2 rings (SSSR count). The number of carboxylic acids is 1. The number of aromatic nitrogens is 2. The number of hydrogen-bond donors (Lipinski definition) is 1. The summed E-state index contributed by atoms with van der Waals surface area (Å²) in [6.45, 7) is 3.25. The molecule has 1 N–H and O–H groups in total. The van der Waals surface area contributed by atoms with Crippen molar-refractivity contribution in [2.45, 2.75) is 13.8 Å². The number of aryl methyl sites for hydroxylation is 1. The molecule has 0 aliphatic rings. The lowest BCUT2D eigenvalue weighted by atomic mass is 10.2. The van der Waals surface area contributed by atoms with Gasteiger partial charge in [-0.25, -0.2) is 4.79 Å². The number of rotatable bonds is 3. The summed E-state index contributed by atoms with van der Waals surface area (Å²) < 4.78 is 1.45. The first-order chi connectivity index (χ1) is 8.49. The fraction of sp³-hybridized carbons (Fsp3) is 0.154. The largest absolute Gasteiger partial charge is 0.477 e. The molecule has 0 aliphatic heterocycles. The van der Waals surface area contributed by atoms with Gasteiger partial charge in [-0.2, -0.15) is 0 Å². The van der Waals surface area contributed by atoms with Gasteiger partial charge in [0.2, 0.25) is 0 Å². The van der Waals surface area contributed by atoms with Crippen LogP contribution in [0.1, 0.15) is 33.5 Å². The SMILES string of the molecule is CC(=O)c1cc(C(=O)O)n(-c2ccc(C)nc2)c1. The lowest BCUT2D eigenvalue weighted by Gasteiger charge is -2.05. The molecule has 0 aliphatic carbocycles. The van der Waals surface area contributed by atoms with Crippen LogP contribution in [-0.2, 0) is 0 Å². The van der Waals surface area contributed by atoms with Crippen molar-refractivity contribution in [2.75, 3.05) is 0 Å². The maximum Gasteiger partial charge on any atom is 0.352 e. The molecule has 5 nitrogen and oxygen atoms in total. The van der Waals surface area contributed by atoms with E-state index in [-0.39, 0.29) is 11.5 Å². The molecule has 0 atom stereocenters. The number of hydrogen-bond acceptors (Lipinski definition) is 3. The molecule has 5 heteroatoms. The number of carboxylic acid groups (broad SMARTS) is 1. The quantitative estimate of drug-likeness (QED) is 0.839. The minimum Gasteiger partial charge on any atom is -0.477 e. The van der Waals surface area contributed by atoms with Crippen molar-refractivity contribution in [1.29, 1.82) is 0 Å². The highest BCUT2D eigenvalue weighted by Gasteiger charge is 2.15. The molecule has 0 saturated heterocycles. The van der Waals surface area contributed by atoms with Crippen LogP contribution in [0, 0.1) is 6.92 Å². The van der Waals surface area contributed by atoms with Crippen LogP contribution in [0.3, 0.4) is 0 Å². The second-order valence-corrected chi connectivity index (χ2v) is 4.00. The second-order valence-electron chi connectivity index (χ2n) is 4.00. The van der Waals surface area contributed by atoms with E-state index in [1.807, 2.05) is 6.92 Å². The number of carbonyl (C=O) groups excluding carboxylic acids is 1. The third-order valence-electron chi connectivity index (χ3n) is 2.62. The topological polar surface area (TPSA) is 72.2 Å². The molecule has 2 aromatic rings. The van der Waals surface area contributed by atoms with Gasteiger partial charge in [-0.05, 0) is 32.0 Å². The Balaban J connectivity index is 2.58. The molecule has 0 unspecified atom stereocenters. The van der Waals surface area contributed by atoms with E-state index >= 15 is 0 Å². The summed E-state index contributed by atoms with van der Waals surface area (Å²) in [5.74, 6) is -1.25. The van der Waals surface area contributed by atoms with Crippen LogP contribution in [0.15, 0.2) is 30.6 Å². The summed E-state index contributed by atoms with van der Waals surface area (Å²) in [6, 6.07) is 4.91. The number of nitrogens with zero attached hydrogens (tertiary/aromatic N) is 2. The molecule has 0 bridgehead atoms. The van der Waals surface area contributed by atoms with Gasteiger partial charge in [0.15, 0.2) is 5.78 Å². The van der Waals surface area contributed by atoms with Crippen LogP contribution < -0.4 is 0 Å². The molecule has 0 aromatic carbocycles. The molecule has 0 radical (unpaired) electrons. The summed E-state index contributed by atoms with van der Waals surface area (Å²) in [7, 11) is 0. The Morgan fingerprint density at radius 2 is 2.06 bits per heavy atom. The first-order valence-corrected chi connectivity index (χ1v) is 5.38. The van der Waals surface area contributed by atoms with E-state index in [1.165, 1.54) is 23.8 Å². The summed E-state index contributed by atoms with van der Waals surface area (Å²) in [5, 5.41) is 9.12. The van der Waals surface area contributed by atoms with E-state index in [0.29, 0.717) is 11.3 Å². The minimum absolute atomic E-state index is 0.0471. The van der Waals surface area contributed by atoms with E-state index < -0.39 is 5.97 Å². The van der Waals surface area contributed by atoms with Crippen LogP contribution in [0.4, 0.5) is 0 Å². The number of Topliss-reactive ketones (excluding diaryl/α,β-unsaturated/α-hetero) is 1.